The lowest BCUT2D eigenvalue weighted by atomic mass is 10.1. The predicted molar refractivity (Wildman–Crippen MR) is 85.4 cm³/mol. The summed E-state index contributed by atoms with van der Waals surface area (Å²) in [5.41, 5.74) is 0.797. The number of carbonyl (C=O) groups is 2. The highest BCUT2D eigenvalue weighted by Crippen LogP contribution is 2.27. The summed E-state index contributed by atoms with van der Waals surface area (Å²) in [7, 11) is 1.60. The lowest BCUT2D eigenvalue weighted by Crippen LogP contribution is -2.39. The summed E-state index contributed by atoms with van der Waals surface area (Å²) < 4.78 is 10.6. The van der Waals surface area contributed by atoms with E-state index in [1.54, 1.807) is 12.0 Å². The Kier molecular flexibility index (Phi) is 4.81. The summed E-state index contributed by atoms with van der Waals surface area (Å²) >= 11 is 0. The Bertz CT molecular complexity index is 566. The Morgan fingerprint density at radius 3 is 2.78 bits per heavy atom. The second-order valence-electron chi connectivity index (χ2n) is 5.91. The topological polar surface area (TPSA) is 67.9 Å². The fraction of sp³-hybridized carbons (Fsp3) is 0.529. The third-order valence-corrected chi connectivity index (χ3v) is 4.43. The van der Waals surface area contributed by atoms with E-state index in [1.165, 1.54) is 0 Å². The van der Waals surface area contributed by atoms with Gasteiger partial charge in [0.25, 0.3) is 0 Å². The maximum Gasteiger partial charge on any atom is 0.239 e. The Balaban J connectivity index is 1.57. The Hall–Kier alpha value is -2.08. The van der Waals surface area contributed by atoms with Crippen LogP contribution in [0, 0.1) is 5.92 Å². The number of carbonyl (C=O) groups excluding carboxylic acids is 2. The molecule has 0 bridgehead atoms. The third-order valence-electron chi connectivity index (χ3n) is 4.43. The maximum atomic E-state index is 12.5. The summed E-state index contributed by atoms with van der Waals surface area (Å²) in [6.45, 7) is 1.81. The summed E-state index contributed by atoms with van der Waals surface area (Å²) in [4.78, 5) is 26.4. The summed E-state index contributed by atoms with van der Waals surface area (Å²) in [6, 6.07) is 7.30. The highest BCUT2D eigenvalue weighted by molar-refractivity contribution is 6.09. The van der Waals surface area contributed by atoms with Gasteiger partial charge in [0.15, 0.2) is 0 Å². The average molecular weight is 318 g/mol. The molecule has 1 aromatic rings. The molecule has 6 heteroatoms. The molecule has 2 amide bonds. The first kappa shape index (κ1) is 15.8. The largest absolute Gasteiger partial charge is 0.497 e. The van der Waals surface area contributed by atoms with Crippen LogP contribution in [0.5, 0.6) is 5.75 Å². The smallest absolute Gasteiger partial charge is 0.239 e. The van der Waals surface area contributed by atoms with Crippen LogP contribution in [-0.2, 0) is 14.3 Å². The lowest BCUT2D eigenvalue weighted by molar-refractivity contribution is -0.132. The van der Waals surface area contributed by atoms with Crippen LogP contribution in [0.15, 0.2) is 24.3 Å². The molecular weight excluding hydrogens is 296 g/mol. The van der Waals surface area contributed by atoms with E-state index in [0.29, 0.717) is 19.5 Å². The van der Waals surface area contributed by atoms with Gasteiger partial charge in [0.2, 0.25) is 11.8 Å². The van der Waals surface area contributed by atoms with Crippen molar-refractivity contribution < 1.29 is 19.1 Å². The van der Waals surface area contributed by atoms with Crippen LogP contribution in [0.2, 0.25) is 0 Å². The van der Waals surface area contributed by atoms with Gasteiger partial charge >= 0.3 is 0 Å². The zero-order valence-electron chi connectivity index (χ0n) is 13.3. The Labute approximate surface area is 135 Å². The van der Waals surface area contributed by atoms with Gasteiger partial charge in [0.05, 0.1) is 13.2 Å². The Morgan fingerprint density at radius 1 is 1.35 bits per heavy atom. The molecule has 2 fully saturated rings. The monoisotopic (exact) mass is 318 g/mol. The Morgan fingerprint density at radius 2 is 2.13 bits per heavy atom. The minimum absolute atomic E-state index is 0.0909. The molecule has 23 heavy (non-hydrogen) atoms. The number of nitrogens with one attached hydrogen (secondary N) is 1. The predicted octanol–water partition coefficient (Wildman–Crippen LogP) is 1.34. The summed E-state index contributed by atoms with van der Waals surface area (Å²) in [5.74, 6) is -0.189. The number of methoxy groups -OCH3 is 1. The van der Waals surface area contributed by atoms with Crippen LogP contribution in [0.3, 0.4) is 0 Å². The molecule has 2 heterocycles. The minimum Gasteiger partial charge on any atom is -0.497 e. The molecule has 0 unspecified atom stereocenters. The van der Waals surface area contributed by atoms with Crippen LogP contribution in [-0.4, -0.2) is 44.7 Å². The third kappa shape index (κ3) is 3.47. The van der Waals surface area contributed by atoms with Crippen molar-refractivity contribution in [1.82, 2.24) is 5.32 Å². The fourth-order valence-electron chi connectivity index (χ4n) is 3.08. The van der Waals surface area contributed by atoms with Crippen LogP contribution in [0.4, 0.5) is 5.69 Å². The number of ether oxygens (including phenoxy) is 2. The van der Waals surface area contributed by atoms with Gasteiger partial charge in [-0.25, -0.2) is 0 Å². The molecule has 1 N–H and O–H groups in total. The van der Waals surface area contributed by atoms with Crippen molar-refractivity contribution in [2.75, 3.05) is 31.7 Å². The molecule has 3 rings (SSSR count). The average Bonchev–Trinajstić information content (AvgIpc) is 3.22. The van der Waals surface area contributed by atoms with Crippen LogP contribution in [0.25, 0.3) is 0 Å². The zero-order valence-corrected chi connectivity index (χ0v) is 13.3. The van der Waals surface area contributed by atoms with Gasteiger partial charge < -0.3 is 19.7 Å². The standard InChI is InChI=1S/C17H22N2O4/c1-22-13-6-4-12(5-7-13)19-9-8-15(17(19)21)16(20)18-11-14-3-2-10-23-14/h4-7,14-15H,2-3,8-11H2,1H3,(H,18,20)/t14-,15-/m1/s1. The summed E-state index contributed by atoms with van der Waals surface area (Å²) in [6.07, 6.45) is 2.64. The van der Waals surface area contributed by atoms with E-state index in [9.17, 15) is 9.59 Å². The molecule has 0 saturated carbocycles. The van der Waals surface area contributed by atoms with E-state index in [4.69, 9.17) is 9.47 Å². The lowest BCUT2D eigenvalue weighted by Gasteiger charge is -2.17. The molecule has 6 nitrogen and oxygen atoms in total. The first-order valence-electron chi connectivity index (χ1n) is 8.04. The van der Waals surface area contributed by atoms with Crippen molar-refractivity contribution in [2.24, 2.45) is 5.92 Å². The molecule has 1 aromatic carbocycles. The van der Waals surface area contributed by atoms with E-state index in [2.05, 4.69) is 5.32 Å². The van der Waals surface area contributed by atoms with Gasteiger partial charge in [-0.05, 0) is 43.5 Å². The highest BCUT2D eigenvalue weighted by atomic mass is 16.5. The zero-order chi connectivity index (χ0) is 16.2. The maximum absolute atomic E-state index is 12.5. The molecular formula is C17H22N2O4. The highest BCUT2D eigenvalue weighted by Gasteiger charge is 2.37. The number of benzene rings is 1. The molecule has 2 aliphatic rings. The first-order valence-corrected chi connectivity index (χ1v) is 8.04. The number of rotatable bonds is 5. The van der Waals surface area contributed by atoms with E-state index in [-0.39, 0.29) is 17.9 Å². The minimum atomic E-state index is -0.599. The van der Waals surface area contributed by atoms with Gasteiger partial charge in [-0.1, -0.05) is 0 Å². The quantitative estimate of drug-likeness (QED) is 0.832. The molecule has 2 aliphatic heterocycles. The van der Waals surface area contributed by atoms with Crippen molar-refractivity contribution in [2.45, 2.75) is 25.4 Å². The normalized spacial score (nSPS) is 24.0. The van der Waals surface area contributed by atoms with Crippen molar-refractivity contribution >= 4 is 17.5 Å². The van der Waals surface area contributed by atoms with E-state index in [1.807, 2.05) is 24.3 Å². The van der Waals surface area contributed by atoms with Crippen LogP contribution < -0.4 is 15.0 Å². The van der Waals surface area contributed by atoms with Gasteiger partial charge in [0, 0.05) is 25.4 Å². The second-order valence-corrected chi connectivity index (χ2v) is 5.91. The van der Waals surface area contributed by atoms with Gasteiger partial charge in [0.1, 0.15) is 11.7 Å². The molecule has 0 radical (unpaired) electrons. The van der Waals surface area contributed by atoms with Gasteiger partial charge in [-0.15, -0.1) is 0 Å². The number of anilines is 1. The molecule has 0 aromatic heterocycles. The van der Waals surface area contributed by atoms with E-state index in [0.717, 1.165) is 30.9 Å². The number of amides is 2. The van der Waals surface area contributed by atoms with Crippen molar-refractivity contribution in [3.8, 4) is 5.75 Å². The van der Waals surface area contributed by atoms with Crippen LogP contribution >= 0.6 is 0 Å². The molecule has 2 saturated heterocycles. The number of hydrogen-bond acceptors (Lipinski definition) is 4. The number of hydrogen-bond donors (Lipinski definition) is 1. The molecule has 2 atom stereocenters. The second kappa shape index (κ2) is 7.00. The fourth-order valence-corrected chi connectivity index (χ4v) is 3.08. The first-order chi connectivity index (χ1) is 11.2. The summed E-state index contributed by atoms with van der Waals surface area (Å²) in [5, 5.41) is 2.86. The van der Waals surface area contributed by atoms with E-state index < -0.39 is 5.92 Å². The van der Waals surface area contributed by atoms with Crippen molar-refractivity contribution in [3.05, 3.63) is 24.3 Å². The van der Waals surface area contributed by atoms with E-state index >= 15 is 0 Å². The van der Waals surface area contributed by atoms with Crippen molar-refractivity contribution in [3.63, 3.8) is 0 Å². The van der Waals surface area contributed by atoms with Crippen LogP contribution in [0.1, 0.15) is 19.3 Å². The SMILES string of the molecule is COc1ccc(N2CC[C@H](C(=O)NC[C@H]3CCCO3)C2=O)cc1. The van der Waals surface area contributed by atoms with Gasteiger partial charge in [-0.2, -0.15) is 0 Å². The number of nitrogens with zero attached hydrogens (tertiary/aromatic N) is 1. The molecule has 124 valence electrons. The molecule has 0 spiro atoms. The van der Waals surface area contributed by atoms with Crippen molar-refractivity contribution in [1.29, 1.82) is 0 Å². The molecule has 0 aliphatic carbocycles. The van der Waals surface area contributed by atoms with Gasteiger partial charge in [-0.3, -0.25) is 9.59 Å².